The molecule has 1 N–H and O–H groups in total. The van der Waals surface area contributed by atoms with Crippen molar-refractivity contribution in [2.24, 2.45) is 5.92 Å². The van der Waals surface area contributed by atoms with E-state index in [0.717, 1.165) is 36.3 Å². The maximum absolute atomic E-state index is 10.7. The minimum Gasteiger partial charge on any atom is -0.478 e. The van der Waals surface area contributed by atoms with Crippen molar-refractivity contribution in [3.63, 3.8) is 0 Å². The van der Waals surface area contributed by atoms with E-state index in [4.69, 9.17) is 16.7 Å². The van der Waals surface area contributed by atoms with Crippen LogP contribution in [0.5, 0.6) is 0 Å². The number of carbonyl (C=O) groups is 1. The normalized spacial score (nSPS) is 17.1. The maximum atomic E-state index is 10.7. The number of nitrogens with zero attached hydrogens (tertiary/aromatic N) is 1. The van der Waals surface area contributed by atoms with E-state index in [2.05, 4.69) is 11.8 Å². The second kappa shape index (κ2) is 6.11. The number of carboxylic acid groups (broad SMARTS) is 1. The van der Waals surface area contributed by atoms with E-state index < -0.39 is 5.97 Å². The number of hydrogen-bond acceptors (Lipinski definition) is 2. The summed E-state index contributed by atoms with van der Waals surface area (Å²) in [6.45, 7) is 4.29. The SMILES string of the molecule is CC1CCN(c2ccc(Cl)cc2/C=C/C(=O)O)CC1. The van der Waals surface area contributed by atoms with E-state index in [-0.39, 0.29) is 0 Å². The van der Waals surface area contributed by atoms with Crippen LogP contribution in [0, 0.1) is 5.92 Å². The van der Waals surface area contributed by atoms with Gasteiger partial charge >= 0.3 is 5.97 Å². The highest BCUT2D eigenvalue weighted by molar-refractivity contribution is 6.30. The zero-order valence-corrected chi connectivity index (χ0v) is 11.7. The van der Waals surface area contributed by atoms with Crippen molar-refractivity contribution in [3.05, 3.63) is 34.9 Å². The van der Waals surface area contributed by atoms with Gasteiger partial charge in [0.25, 0.3) is 0 Å². The van der Waals surface area contributed by atoms with E-state index in [1.165, 1.54) is 12.8 Å². The molecule has 0 amide bonds. The van der Waals surface area contributed by atoms with Gasteiger partial charge in [-0.05, 0) is 48.6 Å². The molecule has 0 aliphatic carbocycles. The standard InChI is InChI=1S/C15H18ClNO2/c1-11-6-8-17(9-7-11)14-4-3-13(16)10-12(14)2-5-15(18)19/h2-5,10-11H,6-9H2,1H3,(H,18,19)/b5-2+. The Morgan fingerprint density at radius 2 is 2.11 bits per heavy atom. The second-order valence-corrected chi connectivity index (χ2v) is 5.48. The molecule has 1 aliphatic rings. The fourth-order valence-corrected chi connectivity index (χ4v) is 2.54. The van der Waals surface area contributed by atoms with E-state index in [0.29, 0.717) is 5.02 Å². The highest BCUT2D eigenvalue weighted by Crippen LogP contribution is 2.29. The molecular formula is C15H18ClNO2. The van der Waals surface area contributed by atoms with Gasteiger partial charge < -0.3 is 10.0 Å². The predicted molar refractivity (Wildman–Crippen MR) is 78.7 cm³/mol. The highest BCUT2D eigenvalue weighted by Gasteiger charge is 2.17. The van der Waals surface area contributed by atoms with E-state index in [1.807, 2.05) is 18.2 Å². The number of piperidine rings is 1. The summed E-state index contributed by atoms with van der Waals surface area (Å²) in [5, 5.41) is 9.37. The van der Waals surface area contributed by atoms with Crippen LogP contribution < -0.4 is 4.90 Å². The van der Waals surface area contributed by atoms with Gasteiger partial charge in [-0.25, -0.2) is 4.79 Å². The molecule has 1 fully saturated rings. The van der Waals surface area contributed by atoms with Gasteiger partial charge in [-0.15, -0.1) is 0 Å². The minimum absolute atomic E-state index is 0.624. The van der Waals surface area contributed by atoms with Gasteiger partial charge in [0.05, 0.1) is 0 Å². The number of aliphatic carboxylic acids is 1. The van der Waals surface area contributed by atoms with Crippen LogP contribution in [-0.4, -0.2) is 24.2 Å². The average Bonchev–Trinajstić information content (AvgIpc) is 2.38. The van der Waals surface area contributed by atoms with Gasteiger partial charge in [0.2, 0.25) is 0 Å². The van der Waals surface area contributed by atoms with Crippen LogP contribution in [0.1, 0.15) is 25.3 Å². The molecule has 0 bridgehead atoms. The quantitative estimate of drug-likeness (QED) is 0.858. The van der Waals surface area contributed by atoms with Crippen molar-refractivity contribution in [3.8, 4) is 0 Å². The number of carboxylic acids is 1. The third-order valence-electron chi connectivity index (χ3n) is 3.52. The van der Waals surface area contributed by atoms with Gasteiger partial charge in [0.15, 0.2) is 0 Å². The molecule has 1 heterocycles. The lowest BCUT2D eigenvalue weighted by molar-refractivity contribution is -0.131. The molecule has 0 atom stereocenters. The molecule has 0 radical (unpaired) electrons. The van der Waals surface area contributed by atoms with Crippen molar-refractivity contribution in [2.45, 2.75) is 19.8 Å². The summed E-state index contributed by atoms with van der Waals surface area (Å²) in [5.41, 5.74) is 1.93. The average molecular weight is 280 g/mol. The van der Waals surface area contributed by atoms with Crippen LogP contribution in [0.25, 0.3) is 6.08 Å². The highest BCUT2D eigenvalue weighted by atomic mass is 35.5. The zero-order chi connectivity index (χ0) is 13.8. The fourth-order valence-electron chi connectivity index (χ4n) is 2.36. The van der Waals surface area contributed by atoms with Crippen LogP contribution in [-0.2, 0) is 4.79 Å². The Morgan fingerprint density at radius 3 is 2.74 bits per heavy atom. The molecule has 1 aromatic rings. The number of benzene rings is 1. The summed E-state index contributed by atoms with van der Waals surface area (Å²) in [7, 11) is 0. The minimum atomic E-state index is -0.946. The van der Waals surface area contributed by atoms with Gasteiger partial charge in [-0.3, -0.25) is 0 Å². The lowest BCUT2D eigenvalue weighted by Crippen LogP contribution is -2.33. The van der Waals surface area contributed by atoms with Crippen LogP contribution in [0.3, 0.4) is 0 Å². The molecule has 0 saturated carbocycles. The Kier molecular flexibility index (Phi) is 4.48. The summed E-state index contributed by atoms with van der Waals surface area (Å²) in [4.78, 5) is 13.0. The maximum Gasteiger partial charge on any atom is 0.328 e. The summed E-state index contributed by atoms with van der Waals surface area (Å²) >= 11 is 5.99. The lowest BCUT2D eigenvalue weighted by atomic mass is 9.98. The first-order valence-electron chi connectivity index (χ1n) is 6.52. The van der Waals surface area contributed by atoms with Gasteiger partial charge in [0.1, 0.15) is 0 Å². The Hall–Kier alpha value is -1.48. The van der Waals surface area contributed by atoms with E-state index >= 15 is 0 Å². The molecule has 19 heavy (non-hydrogen) atoms. The summed E-state index contributed by atoms with van der Waals surface area (Å²) in [6, 6.07) is 5.64. The number of rotatable bonds is 3. The lowest BCUT2D eigenvalue weighted by Gasteiger charge is -2.33. The van der Waals surface area contributed by atoms with Crippen molar-refractivity contribution < 1.29 is 9.90 Å². The Bertz CT molecular complexity index is 491. The number of halogens is 1. The van der Waals surface area contributed by atoms with Gasteiger partial charge in [-0.1, -0.05) is 18.5 Å². The summed E-state index contributed by atoms with van der Waals surface area (Å²) in [6.07, 6.45) is 5.11. The first kappa shape index (κ1) is 13.9. The monoisotopic (exact) mass is 279 g/mol. The van der Waals surface area contributed by atoms with Crippen molar-refractivity contribution in [1.82, 2.24) is 0 Å². The number of anilines is 1. The molecule has 0 spiro atoms. The molecule has 0 aromatic heterocycles. The first-order valence-corrected chi connectivity index (χ1v) is 6.89. The third kappa shape index (κ3) is 3.74. The molecular weight excluding hydrogens is 262 g/mol. The molecule has 0 unspecified atom stereocenters. The summed E-state index contributed by atoms with van der Waals surface area (Å²) < 4.78 is 0. The van der Waals surface area contributed by atoms with Crippen LogP contribution >= 0.6 is 11.6 Å². The summed E-state index contributed by atoms with van der Waals surface area (Å²) in [5.74, 6) is -0.181. The van der Waals surface area contributed by atoms with E-state index in [9.17, 15) is 4.79 Å². The Labute approximate surface area is 118 Å². The molecule has 1 aromatic carbocycles. The molecule has 102 valence electrons. The smallest absolute Gasteiger partial charge is 0.328 e. The fraction of sp³-hybridized carbons (Fsp3) is 0.400. The van der Waals surface area contributed by atoms with Gasteiger partial charge in [0, 0.05) is 29.9 Å². The largest absolute Gasteiger partial charge is 0.478 e. The van der Waals surface area contributed by atoms with Gasteiger partial charge in [-0.2, -0.15) is 0 Å². The Balaban J connectivity index is 2.26. The molecule has 1 saturated heterocycles. The van der Waals surface area contributed by atoms with Crippen molar-refractivity contribution >= 4 is 29.3 Å². The van der Waals surface area contributed by atoms with Crippen LogP contribution in [0.2, 0.25) is 5.02 Å². The topological polar surface area (TPSA) is 40.5 Å². The Morgan fingerprint density at radius 1 is 1.42 bits per heavy atom. The van der Waals surface area contributed by atoms with Crippen LogP contribution in [0.4, 0.5) is 5.69 Å². The first-order chi connectivity index (χ1) is 9.06. The van der Waals surface area contributed by atoms with E-state index in [1.54, 1.807) is 6.08 Å². The molecule has 2 rings (SSSR count). The molecule has 4 heteroatoms. The second-order valence-electron chi connectivity index (χ2n) is 5.04. The number of hydrogen-bond donors (Lipinski definition) is 1. The third-order valence-corrected chi connectivity index (χ3v) is 3.75. The van der Waals surface area contributed by atoms with Crippen LogP contribution in [0.15, 0.2) is 24.3 Å². The zero-order valence-electron chi connectivity index (χ0n) is 11.0. The molecule has 3 nitrogen and oxygen atoms in total. The predicted octanol–water partition coefficient (Wildman–Crippen LogP) is 3.67. The van der Waals surface area contributed by atoms with Crippen molar-refractivity contribution in [1.29, 1.82) is 0 Å². The van der Waals surface area contributed by atoms with Crippen molar-refractivity contribution in [2.75, 3.05) is 18.0 Å². The molecule has 1 aliphatic heterocycles.